The molecule has 1 saturated heterocycles. The number of carbonyl (C=O) groups excluding carboxylic acids is 2. The summed E-state index contributed by atoms with van der Waals surface area (Å²) in [7, 11) is 0. The van der Waals surface area contributed by atoms with Crippen LogP contribution in [0.2, 0.25) is 0 Å². The van der Waals surface area contributed by atoms with Crippen LogP contribution in [0.25, 0.3) is 0 Å². The second-order valence-corrected chi connectivity index (χ2v) is 7.98. The van der Waals surface area contributed by atoms with Crippen LogP contribution in [0.15, 0.2) is 22.9 Å². The van der Waals surface area contributed by atoms with E-state index in [9.17, 15) is 22.8 Å². The highest BCUT2D eigenvalue weighted by atomic mass is 19.2. The topological polar surface area (TPSA) is 119 Å². The number of aromatic nitrogens is 4. The van der Waals surface area contributed by atoms with Crippen molar-refractivity contribution in [2.45, 2.75) is 39.1 Å². The van der Waals surface area contributed by atoms with Gasteiger partial charge in [-0.25, -0.2) is 22.8 Å². The third kappa shape index (κ3) is 3.70. The summed E-state index contributed by atoms with van der Waals surface area (Å²) in [5, 5.41) is 10.4. The van der Waals surface area contributed by atoms with Crippen LogP contribution in [-0.2, 0) is 17.8 Å². The molecule has 1 unspecified atom stereocenters. The first kappa shape index (κ1) is 21.7. The number of rotatable bonds is 3. The van der Waals surface area contributed by atoms with Crippen molar-refractivity contribution < 1.29 is 32.0 Å². The minimum absolute atomic E-state index is 0.0443. The molecule has 5 rings (SSSR count). The molecular formula is C20H18F3N7O4. The number of ether oxygens (including phenoxy) is 1. The molecule has 2 aromatic heterocycles. The third-order valence-electron chi connectivity index (χ3n) is 5.63. The van der Waals surface area contributed by atoms with Crippen molar-refractivity contribution >= 4 is 23.5 Å². The van der Waals surface area contributed by atoms with E-state index in [1.165, 1.54) is 16.0 Å². The molecule has 11 nitrogen and oxygen atoms in total. The van der Waals surface area contributed by atoms with Gasteiger partial charge < -0.3 is 19.5 Å². The van der Waals surface area contributed by atoms with Gasteiger partial charge in [0.15, 0.2) is 23.3 Å². The molecular weight excluding hydrogens is 459 g/mol. The van der Waals surface area contributed by atoms with Gasteiger partial charge in [0, 0.05) is 17.8 Å². The number of halogens is 3. The van der Waals surface area contributed by atoms with Gasteiger partial charge in [-0.3, -0.25) is 9.58 Å². The van der Waals surface area contributed by atoms with Crippen molar-refractivity contribution in [3.05, 3.63) is 53.2 Å². The van der Waals surface area contributed by atoms with E-state index in [0.29, 0.717) is 35.9 Å². The highest BCUT2D eigenvalue weighted by molar-refractivity contribution is 5.91. The first-order chi connectivity index (χ1) is 16.2. The van der Waals surface area contributed by atoms with Crippen LogP contribution in [0.5, 0.6) is 0 Å². The molecule has 0 radical (unpaired) electrons. The van der Waals surface area contributed by atoms with Crippen molar-refractivity contribution in [3.63, 3.8) is 0 Å². The van der Waals surface area contributed by atoms with Gasteiger partial charge in [0.05, 0.1) is 43.3 Å². The molecule has 4 heterocycles. The summed E-state index contributed by atoms with van der Waals surface area (Å²) < 4.78 is 52.4. The van der Waals surface area contributed by atoms with Gasteiger partial charge in [-0.05, 0) is 13.8 Å². The van der Waals surface area contributed by atoms with E-state index in [0.717, 1.165) is 0 Å². The Bertz CT molecular complexity index is 1270. The number of nitrogens with zero attached hydrogens (tertiary/aromatic N) is 6. The summed E-state index contributed by atoms with van der Waals surface area (Å²) >= 11 is 0. The van der Waals surface area contributed by atoms with Crippen molar-refractivity contribution in [1.82, 2.24) is 24.8 Å². The minimum atomic E-state index is -1.62. The molecule has 1 aromatic carbocycles. The molecule has 3 amide bonds. The summed E-state index contributed by atoms with van der Waals surface area (Å²) in [6.45, 7) is 3.88. The number of hydrogen-bond donors (Lipinski definition) is 1. The molecule has 2 atom stereocenters. The van der Waals surface area contributed by atoms with Crippen molar-refractivity contribution in [2.75, 3.05) is 16.8 Å². The smallest absolute Gasteiger partial charge is 0.415 e. The molecule has 2 aliphatic heterocycles. The lowest BCUT2D eigenvalue weighted by atomic mass is 10.2. The maximum absolute atomic E-state index is 13.5. The van der Waals surface area contributed by atoms with Gasteiger partial charge in [0.25, 0.3) is 5.89 Å². The Morgan fingerprint density at radius 3 is 2.62 bits per heavy atom. The van der Waals surface area contributed by atoms with E-state index < -0.39 is 35.7 Å². The number of urea groups is 1. The van der Waals surface area contributed by atoms with Crippen LogP contribution >= 0.6 is 0 Å². The van der Waals surface area contributed by atoms with Crippen LogP contribution in [0.1, 0.15) is 30.4 Å². The van der Waals surface area contributed by atoms with Crippen molar-refractivity contribution in [2.24, 2.45) is 0 Å². The lowest BCUT2D eigenvalue weighted by molar-refractivity contribution is 0.121. The summed E-state index contributed by atoms with van der Waals surface area (Å²) in [5.74, 6) is -3.88. The molecule has 0 bridgehead atoms. The zero-order valence-corrected chi connectivity index (χ0v) is 18.0. The van der Waals surface area contributed by atoms with Crippen LogP contribution in [0, 0.1) is 24.4 Å². The number of anilines is 2. The third-order valence-corrected chi connectivity index (χ3v) is 5.63. The lowest BCUT2D eigenvalue weighted by Crippen LogP contribution is -2.47. The van der Waals surface area contributed by atoms with Crippen molar-refractivity contribution in [1.29, 1.82) is 0 Å². The van der Waals surface area contributed by atoms with Gasteiger partial charge in [0.1, 0.15) is 0 Å². The van der Waals surface area contributed by atoms with Gasteiger partial charge in [0.2, 0.25) is 6.10 Å². The quantitative estimate of drug-likeness (QED) is 0.576. The molecule has 0 saturated carbocycles. The Labute approximate surface area is 190 Å². The van der Waals surface area contributed by atoms with Crippen molar-refractivity contribution in [3.8, 4) is 0 Å². The summed E-state index contributed by atoms with van der Waals surface area (Å²) in [6.07, 6.45) is 0.106. The molecule has 1 N–H and O–H groups in total. The maximum atomic E-state index is 13.5. The van der Waals surface area contributed by atoms with Gasteiger partial charge in [-0.2, -0.15) is 10.1 Å². The fraction of sp³-hybridized carbons (Fsp3) is 0.350. The molecule has 178 valence electrons. The molecule has 34 heavy (non-hydrogen) atoms. The maximum Gasteiger partial charge on any atom is 0.415 e. The first-order valence-corrected chi connectivity index (χ1v) is 10.3. The molecule has 14 heteroatoms. The van der Waals surface area contributed by atoms with E-state index >= 15 is 0 Å². The monoisotopic (exact) mass is 477 g/mol. The van der Waals surface area contributed by atoms with Crippen LogP contribution in [0.4, 0.5) is 34.1 Å². The Kier molecular flexibility index (Phi) is 5.14. The molecule has 0 spiro atoms. The predicted octanol–water partition coefficient (Wildman–Crippen LogP) is 3.13. The number of nitrogens with one attached hydrogen (secondary N) is 1. The summed E-state index contributed by atoms with van der Waals surface area (Å²) in [5.41, 5.74) is 0.769. The van der Waals surface area contributed by atoms with E-state index in [1.54, 1.807) is 18.5 Å². The molecule has 0 aliphatic carbocycles. The second kappa shape index (κ2) is 8.04. The number of benzene rings is 1. The highest BCUT2D eigenvalue weighted by Crippen LogP contribution is 2.34. The second-order valence-electron chi connectivity index (χ2n) is 7.98. The number of amides is 3. The molecule has 2 aliphatic rings. The number of cyclic esters (lactones) is 1. The predicted molar refractivity (Wildman–Crippen MR) is 108 cm³/mol. The lowest BCUT2D eigenvalue weighted by Gasteiger charge is -2.34. The highest BCUT2D eigenvalue weighted by Gasteiger charge is 2.40. The first-order valence-electron chi connectivity index (χ1n) is 10.3. The Hall–Kier alpha value is -4.10. The molecule has 3 aromatic rings. The molecule has 1 fully saturated rings. The average Bonchev–Trinajstić information content (AvgIpc) is 3.49. The zero-order valence-electron chi connectivity index (χ0n) is 18.0. The van der Waals surface area contributed by atoms with E-state index in [4.69, 9.17) is 9.26 Å². The zero-order chi connectivity index (χ0) is 24.1. The van der Waals surface area contributed by atoms with E-state index in [-0.39, 0.29) is 30.7 Å². The van der Waals surface area contributed by atoms with Crippen LogP contribution < -0.4 is 10.2 Å². The van der Waals surface area contributed by atoms with Gasteiger partial charge >= 0.3 is 12.1 Å². The Balaban J connectivity index is 1.36. The Morgan fingerprint density at radius 2 is 1.94 bits per heavy atom. The summed E-state index contributed by atoms with van der Waals surface area (Å²) in [6, 6.07) is 0.398. The number of fused-ring (bicyclic) bond motifs is 1. The standard InChI is InChI=1S/C20H18F3N7O4/c1-9-6-30-15(7-28(9)19(31)26-11-3-12(21)17(23)13(22)4-11)14(5-24-30)29-8-16(33-20(29)32)18-25-10(2)27-34-18/h3-5,9,16H,6-8H2,1-2H3,(H,26,31)/t9-,16?/m0/s1. The van der Waals surface area contributed by atoms with E-state index in [1.807, 2.05) is 0 Å². The fourth-order valence-corrected chi connectivity index (χ4v) is 3.94. The normalized spacial score (nSPS) is 19.9. The van der Waals surface area contributed by atoms with Crippen LogP contribution in [-0.4, -0.2) is 49.5 Å². The fourth-order valence-electron chi connectivity index (χ4n) is 3.94. The van der Waals surface area contributed by atoms with Crippen LogP contribution in [0.3, 0.4) is 0 Å². The SMILES string of the molecule is Cc1noc(C2CN(c3cnn4c3CN(C(=O)Nc3cc(F)c(F)c(F)c3)[C@@H](C)C4)C(=O)O2)n1. The van der Waals surface area contributed by atoms with E-state index in [2.05, 4.69) is 20.6 Å². The summed E-state index contributed by atoms with van der Waals surface area (Å²) in [4.78, 5) is 32.3. The average molecular weight is 477 g/mol. The van der Waals surface area contributed by atoms with Gasteiger partial charge in [-0.1, -0.05) is 5.16 Å². The number of carbonyl (C=O) groups is 2. The number of hydrogen-bond acceptors (Lipinski definition) is 7. The minimum Gasteiger partial charge on any atom is -0.434 e. The van der Waals surface area contributed by atoms with Gasteiger partial charge in [-0.15, -0.1) is 0 Å². The largest absolute Gasteiger partial charge is 0.434 e. The Morgan fingerprint density at radius 1 is 1.21 bits per heavy atom. The number of aryl methyl sites for hydroxylation is 1.